The lowest BCUT2D eigenvalue weighted by Gasteiger charge is -2.29. The number of ketones is 1. The third-order valence-corrected chi connectivity index (χ3v) is 6.19. The number of thiophene rings is 1. The molecule has 0 spiro atoms. The Morgan fingerprint density at radius 3 is 2.90 bits per heavy atom. The fourth-order valence-corrected chi connectivity index (χ4v) is 4.63. The minimum absolute atomic E-state index is 0.0384. The number of carbonyl (C=O) groups is 1. The number of hydrogen-bond donors (Lipinski definition) is 0. The number of allylic oxidation sites excluding steroid dienone is 1. The van der Waals surface area contributed by atoms with Crippen LogP contribution in [0.3, 0.4) is 0 Å². The van der Waals surface area contributed by atoms with Gasteiger partial charge in [0.25, 0.3) is 5.69 Å². The average molecular weight is 434 g/mol. The summed E-state index contributed by atoms with van der Waals surface area (Å²) in [6, 6.07) is 12.1. The van der Waals surface area contributed by atoms with Crippen LogP contribution < -0.4 is 9.47 Å². The second-order valence-electron chi connectivity index (χ2n) is 7.51. The van der Waals surface area contributed by atoms with Crippen molar-refractivity contribution in [1.82, 2.24) is 4.90 Å². The topological polar surface area (TPSA) is 81.9 Å². The maximum atomic E-state index is 13.1. The molecule has 0 saturated heterocycles. The van der Waals surface area contributed by atoms with Gasteiger partial charge < -0.3 is 9.47 Å². The maximum Gasteiger partial charge on any atom is 0.270 e. The van der Waals surface area contributed by atoms with Gasteiger partial charge in [-0.2, -0.15) is 0 Å². The number of benzene rings is 2. The summed E-state index contributed by atoms with van der Waals surface area (Å²) >= 11 is 1.69. The van der Waals surface area contributed by atoms with Gasteiger partial charge in [0.15, 0.2) is 5.76 Å². The van der Waals surface area contributed by atoms with Crippen molar-refractivity contribution < 1.29 is 19.2 Å². The van der Waals surface area contributed by atoms with Crippen molar-refractivity contribution in [2.75, 3.05) is 6.73 Å². The van der Waals surface area contributed by atoms with Gasteiger partial charge in [-0.3, -0.25) is 19.8 Å². The fourth-order valence-electron chi connectivity index (χ4n) is 3.88. The second kappa shape index (κ2) is 7.64. The lowest BCUT2D eigenvalue weighted by Crippen LogP contribution is -2.31. The number of aryl methyl sites for hydroxylation is 1. The number of rotatable bonds is 4. The summed E-state index contributed by atoms with van der Waals surface area (Å²) in [5.74, 6) is 1.18. The molecule has 0 radical (unpaired) electrons. The van der Waals surface area contributed by atoms with Crippen LogP contribution in [0.4, 0.5) is 5.69 Å². The Balaban J connectivity index is 1.48. The Kier molecular flexibility index (Phi) is 4.80. The van der Waals surface area contributed by atoms with E-state index in [4.69, 9.17) is 9.47 Å². The van der Waals surface area contributed by atoms with Crippen molar-refractivity contribution in [3.05, 3.63) is 90.8 Å². The van der Waals surface area contributed by atoms with Crippen molar-refractivity contribution >= 4 is 28.9 Å². The summed E-state index contributed by atoms with van der Waals surface area (Å²) in [5.41, 5.74) is 2.65. The second-order valence-corrected chi connectivity index (χ2v) is 8.54. The molecule has 3 heterocycles. The normalized spacial score (nSPS) is 16.5. The van der Waals surface area contributed by atoms with Crippen LogP contribution in [0.15, 0.2) is 53.6 Å². The fraction of sp³-hybridized carbons (Fsp3) is 0.174. The van der Waals surface area contributed by atoms with E-state index in [9.17, 15) is 14.9 Å². The van der Waals surface area contributed by atoms with Gasteiger partial charge in [-0.25, -0.2) is 0 Å². The number of hydrogen-bond acceptors (Lipinski definition) is 7. The molecule has 31 heavy (non-hydrogen) atoms. The van der Waals surface area contributed by atoms with Gasteiger partial charge in [-0.05, 0) is 41.6 Å². The van der Waals surface area contributed by atoms with Crippen molar-refractivity contribution in [3.8, 4) is 11.5 Å². The summed E-state index contributed by atoms with van der Waals surface area (Å²) < 4.78 is 12.0. The van der Waals surface area contributed by atoms with Crippen molar-refractivity contribution in [3.63, 3.8) is 0 Å². The molecule has 8 heteroatoms. The van der Waals surface area contributed by atoms with Crippen LogP contribution in [-0.4, -0.2) is 22.3 Å². The molecule has 2 aromatic carbocycles. The smallest absolute Gasteiger partial charge is 0.270 e. The molecule has 0 saturated carbocycles. The van der Waals surface area contributed by atoms with E-state index in [2.05, 4.69) is 11.0 Å². The molecule has 2 aliphatic rings. The Labute approximate surface area is 182 Å². The number of fused-ring (bicyclic) bond motifs is 3. The standard InChI is InChI=1S/C23H18N2O5S/c1-14-8-19-18(12-24(13-29-19)11-17-6-3-7-31-17)23-21(14)22(26)20(30-23)10-15-4-2-5-16(9-15)25(27)28/h2-10H,11-13H2,1H3/b20-10-. The summed E-state index contributed by atoms with van der Waals surface area (Å²) in [6.45, 7) is 3.68. The number of non-ortho nitro benzene ring substituents is 1. The van der Waals surface area contributed by atoms with Crippen LogP contribution in [0, 0.1) is 17.0 Å². The Morgan fingerprint density at radius 2 is 2.13 bits per heavy atom. The van der Waals surface area contributed by atoms with E-state index in [1.807, 2.05) is 24.4 Å². The highest BCUT2D eigenvalue weighted by Crippen LogP contribution is 2.44. The van der Waals surface area contributed by atoms with Gasteiger partial charge in [-0.15, -0.1) is 11.3 Å². The number of ether oxygens (including phenoxy) is 2. The monoisotopic (exact) mass is 434 g/mol. The molecular formula is C23H18N2O5S. The van der Waals surface area contributed by atoms with E-state index in [0.29, 0.717) is 30.2 Å². The molecule has 0 unspecified atom stereocenters. The summed E-state index contributed by atoms with van der Waals surface area (Å²) in [6.07, 6.45) is 1.55. The third-order valence-electron chi connectivity index (χ3n) is 5.33. The van der Waals surface area contributed by atoms with Crippen LogP contribution >= 0.6 is 11.3 Å². The van der Waals surface area contributed by atoms with Crippen LogP contribution in [0.2, 0.25) is 0 Å². The van der Waals surface area contributed by atoms with Crippen LogP contribution in [0.5, 0.6) is 11.5 Å². The number of nitro benzene ring substituents is 1. The lowest BCUT2D eigenvalue weighted by atomic mass is 9.98. The van der Waals surface area contributed by atoms with E-state index in [0.717, 1.165) is 23.4 Å². The highest BCUT2D eigenvalue weighted by molar-refractivity contribution is 7.09. The molecule has 0 atom stereocenters. The van der Waals surface area contributed by atoms with Crippen molar-refractivity contribution in [1.29, 1.82) is 0 Å². The number of nitrogens with zero attached hydrogens (tertiary/aromatic N) is 2. The van der Waals surface area contributed by atoms with E-state index < -0.39 is 4.92 Å². The molecule has 3 aromatic rings. The molecule has 0 bridgehead atoms. The van der Waals surface area contributed by atoms with E-state index in [-0.39, 0.29) is 17.2 Å². The molecule has 1 aromatic heterocycles. The summed E-state index contributed by atoms with van der Waals surface area (Å²) in [7, 11) is 0. The Morgan fingerprint density at radius 1 is 1.26 bits per heavy atom. The maximum absolute atomic E-state index is 13.1. The van der Waals surface area contributed by atoms with Crippen LogP contribution in [0.1, 0.15) is 31.9 Å². The first-order chi connectivity index (χ1) is 15.0. The van der Waals surface area contributed by atoms with Gasteiger partial charge in [0.2, 0.25) is 5.78 Å². The van der Waals surface area contributed by atoms with Gasteiger partial charge in [0, 0.05) is 30.1 Å². The molecule has 0 fully saturated rings. The summed E-state index contributed by atoms with van der Waals surface area (Å²) in [5, 5.41) is 13.1. The van der Waals surface area contributed by atoms with E-state index >= 15 is 0 Å². The van der Waals surface area contributed by atoms with Gasteiger partial charge in [0.05, 0.1) is 16.1 Å². The van der Waals surface area contributed by atoms with Gasteiger partial charge in [0.1, 0.15) is 18.2 Å². The molecular weight excluding hydrogens is 416 g/mol. The highest BCUT2D eigenvalue weighted by Gasteiger charge is 2.35. The third kappa shape index (κ3) is 3.60. The van der Waals surface area contributed by atoms with E-state index in [1.54, 1.807) is 29.5 Å². The zero-order valence-corrected chi connectivity index (χ0v) is 17.5. The minimum Gasteiger partial charge on any atom is -0.478 e. The van der Waals surface area contributed by atoms with Crippen molar-refractivity contribution in [2.24, 2.45) is 0 Å². The lowest BCUT2D eigenvalue weighted by molar-refractivity contribution is -0.384. The first kappa shape index (κ1) is 19.5. The molecule has 7 nitrogen and oxygen atoms in total. The van der Waals surface area contributed by atoms with E-state index in [1.165, 1.54) is 17.0 Å². The number of nitro groups is 1. The quantitative estimate of drug-likeness (QED) is 0.329. The number of Topliss-reactive ketones (excluding diaryl/α,β-unsaturated/α-hetero) is 1. The first-order valence-electron chi connectivity index (χ1n) is 9.72. The SMILES string of the molecule is Cc1cc2c(c3c1C(=O)/C(=C/c1cccc([N+](=O)[O-])c1)O3)CN(Cc1cccs1)CO2. The van der Waals surface area contributed by atoms with Gasteiger partial charge in [-0.1, -0.05) is 18.2 Å². The molecule has 0 aliphatic carbocycles. The molecule has 0 N–H and O–H groups in total. The van der Waals surface area contributed by atoms with Crippen molar-refractivity contribution in [2.45, 2.75) is 20.0 Å². The minimum atomic E-state index is -0.464. The molecule has 5 rings (SSSR count). The molecule has 156 valence electrons. The predicted molar refractivity (Wildman–Crippen MR) is 116 cm³/mol. The summed E-state index contributed by atoms with van der Waals surface area (Å²) in [4.78, 5) is 27.1. The first-order valence-corrected chi connectivity index (χ1v) is 10.6. The largest absolute Gasteiger partial charge is 0.478 e. The predicted octanol–water partition coefficient (Wildman–Crippen LogP) is 4.93. The molecule has 0 amide bonds. The van der Waals surface area contributed by atoms with Crippen LogP contribution in [0.25, 0.3) is 6.08 Å². The zero-order chi connectivity index (χ0) is 21.5. The average Bonchev–Trinajstić information content (AvgIpc) is 3.37. The number of carbonyl (C=O) groups excluding carboxylic acids is 1. The molecule has 2 aliphatic heterocycles. The Hall–Kier alpha value is -3.49. The Bertz CT molecular complexity index is 1230. The van der Waals surface area contributed by atoms with Crippen LogP contribution in [-0.2, 0) is 13.1 Å². The van der Waals surface area contributed by atoms with Gasteiger partial charge >= 0.3 is 0 Å². The highest BCUT2D eigenvalue weighted by atomic mass is 32.1. The zero-order valence-electron chi connectivity index (χ0n) is 16.7.